The van der Waals surface area contributed by atoms with Gasteiger partial charge in [-0.2, -0.15) is 0 Å². The van der Waals surface area contributed by atoms with E-state index in [0.717, 1.165) is 0 Å². The smallest absolute Gasteiger partial charge is 0.304 e. The number of rotatable bonds is 7. The minimum Gasteiger partial charge on any atom is -0.481 e. The standard InChI is InChI=1S/C15H14FNO5S/c16-11-1-3-12(4-2-11)22-13-5-7-14(8-6-13)23(20,21)17-10-9-15(18)19/h1-8,17H,9-10H2,(H,18,19). The zero-order chi connectivity index (χ0) is 16.9. The summed E-state index contributed by atoms with van der Waals surface area (Å²) in [4.78, 5) is 10.4. The fourth-order valence-electron chi connectivity index (χ4n) is 1.70. The first-order valence-electron chi connectivity index (χ1n) is 6.62. The molecule has 0 saturated heterocycles. The lowest BCUT2D eigenvalue weighted by Gasteiger charge is -2.08. The maximum absolute atomic E-state index is 12.8. The van der Waals surface area contributed by atoms with E-state index in [4.69, 9.17) is 9.84 Å². The van der Waals surface area contributed by atoms with Gasteiger partial charge in [-0.15, -0.1) is 0 Å². The minimum atomic E-state index is -3.77. The molecule has 0 atom stereocenters. The molecule has 0 aromatic heterocycles. The van der Waals surface area contributed by atoms with Crippen LogP contribution in [-0.2, 0) is 14.8 Å². The van der Waals surface area contributed by atoms with Gasteiger partial charge in [-0.3, -0.25) is 4.79 Å². The number of carbonyl (C=O) groups is 1. The molecular formula is C15H14FNO5S. The van der Waals surface area contributed by atoms with Gasteiger partial charge in [-0.05, 0) is 48.5 Å². The van der Waals surface area contributed by atoms with E-state index in [9.17, 15) is 17.6 Å². The van der Waals surface area contributed by atoms with E-state index in [-0.39, 0.29) is 23.7 Å². The first-order valence-corrected chi connectivity index (χ1v) is 8.10. The molecule has 2 aromatic carbocycles. The molecule has 0 fully saturated rings. The molecule has 0 unspecified atom stereocenters. The van der Waals surface area contributed by atoms with Crippen molar-refractivity contribution in [3.63, 3.8) is 0 Å². The van der Waals surface area contributed by atoms with Gasteiger partial charge in [0.15, 0.2) is 0 Å². The Bertz CT molecular complexity index is 773. The van der Waals surface area contributed by atoms with Crippen molar-refractivity contribution in [3.05, 3.63) is 54.3 Å². The highest BCUT2D eigenvalue weighted by Crippen LogP contribution is 2.23. The van der Waals surface area contributed by atoms with E-state index < -0.39 is 16.0 Å². The number of benzene rings is 2. The molecular weight excluding hydrogens is 325 g/mol. The zero-order valence-corrected chi connectivity index (χ0v) is 12.7. The van der Waals surface area contributed by atoms with E-state index in [1.54, 1.807) is 0 Å². The number of sulfonamides is 1. The molecule has 0 spiro atoms. The van der Waals surface area contributed by atoms with Gasteiger partial charge in [-0.25, -0.2) is 17.5 Å². The quantitative estimate of drug-likeness (QED) is 0.808. The molecule has 2 rings (SSSR count). The molecule has 0 aliphatic carbocycles. The average Bonchev–Trinajstić information content (AvgIpc) is 2.49. The van der Waals surface area contributed by atoms with E-state index in [2.05, 4.69) is 4.72 Å². The predicted molar refractivity (Wildman–Crippen MR) is 80.4 cm³/mol. The first-order chi connectivity index (χ1) is 10.9. The summed E-state index contributed by atoms with van der Waals surface area (Å²) in [5.41, 5.74) is 0. The third kappa shape index (κ3) is 5.04. The van der Waals surface area contributed by atoms with Crippen molar-refractivity contribution >= 4 is 16.0 Å². The van der Waals surface area contributed by atoms with Crippen LogP contribution in [0.3, 0.4) is 0 Å². The lowest BCUT2D eigenvalue weighted by atomic mass is 10.3. The van der Waals surface area contributed by atoms with Gasteiger partial charge in [-0.1, -0.05) is 0 Å². The van der Waals surface area contributed by atoms with Crippen LogP contribution in [0.15, 0.2) is 53.4 Å². The van der Waals surface area contributed by atoms with Crippen LogP contribution < -0.4 is 9.46 Å². The Morgan fingerprint density at radius 1 is 1.04 bits per heavy atom. The highest BCUT2D eigenvalue weighted by atomic mass is 32.2. The summed E-state index contributed by atoms with van der Waals surface area (Å²) in [6.45, 7) is -0.189. The molecule has 6 nitrogen and oxygen atoms in total. The summed E-state index contributed by atoms with van der Waals surface area (Å²) in [5.74, 6) is -0.662. The summed E-state index contributed by atoms with van der Waals surface area (Å²) in [7, 11) is -3.77. The molecule has 8 heteroatoms. The largest absolute Gasteiger partial charge is 0.481 e. The third-order valence-electron chi connectivity index (χ3n) is 2.81. The Morgan fingerprint density at radius 2 is 1.57 bits per heavy atom. The van der Waals surface area contributed by atoms with E-state index in [1.165, 1.54) is 48.5 Å². The Balaban J connectivity index is 2.03. The summed E-state index contributed by atoms with van der Waals surface area (Å²) in [6, 6.07) is 11.0. The van der Waals surface area contributed by atoms with Crippen LogP contribution in [0.5, 0.6) is 11.5 Å². The van der Waals surface area contributed by atoms with Gasteiger partial charge in [0.05, 0.1) is 11.3 Å². The van der Waals surface area contributed by atoms with Crippen molar-refractivity contribution in [1.82, 2.24) is 4.72 Å². The molecule has 122 valence electrons. The number of nitrogens with one attached hydrogen (secondary N) is 1. The van der Waals surface area contributed by atoms with Crippen molar-refractivity contribution in [2.45, 2.75) is 11.3 Å². The molecule has 0 heterocycles. The second kappa shape index (κ2) is 7.21. The van der Waals surface area contributed by atoms with Crippen molar-refractivity contribution < 1.29 is 27.4 Å². The average molecular weight is 339 g/mol. The third-order valence-corrected chi connectivity index (χ3v) is 4.29. The van der Waals surface area contributed by atoms with Crippen LogP contribution in [-0.4, -0.2) is 26.0 Å². The normalized spacial score (nSPS) is 11.2. The number of hydrogen-bond acceptors (Lipinski definition) is 4. The zero-order valence-electron chi connectivity index (χ0n) is 11.9. The molecule has 0 radical (unpaired) electrons. The topological polar surface area (TPSA) is 92.7 Å². The number of aliphatic carboxylic acids is 1. The minimum absolute atomic E-state index is 0.00524. The number of hydrogen-bond donors (Lipinski definition) is 2. The van der Waals surface area contributed by atoms with Crippen molar-refractivity contribution in [2.75, 3.05) is 6.54 Å². The lowest BCUT2D eigenvalue weighted by molar-refractivity contribution is -0.136. The van der Waals surface area contributed by atoms with Crippen LogP contribution in [0.1, 0.15) is 6.42 Å². The molecule has 0 bridgehead atoms. The van der Waals surface area contributed by atoms with Gasteiger partial charge < -0.3 is 9.84 Å². The van der Waals surface area contributed by atoms with Crippen molar-refractivity contribution in [1.29, 1.82) is 0 Å². The maximum Gasteiger partial charge on any atom is 0.304 e. The summed E-state index contributed by atoms with van der Waals surface area (Å²) >= 11 is 0. The van der Waals surface area contributed by atoms with Crippen molar-refractivity contribution in [3.8, 4) is 11.5 Å². The van der Waals surface area contributed by atoms with Gasteiger partial charge in [0.25, 0.3) is 0 Å². The highest BCUT2D eigenvalue weighted by Gasteiger charge is 2.14. The molecule has 0 aliphatic heterocycles. The summed E-state index contributed by atoms with van der Waals surface area (Å²) in [6.07, 6.45) is -0.301. The summed E-state index contributed by atoms with van der Waals surface area (Å²) in [5, 5.41) is 8.50. The number of carboxylic acid groups (broad SMARTS) is 1. The second-order valence-corrected chi connectivity index (χ2v) is 6.34. The molecule has 2 N–H and O–H groups in total. The Morgan fingerprint density at radius 3 is 2.09 bits per heavy atom. The molecule has 2 aromatic rings. The van der Waals surface area contributed by atoms with Gasteiger partial charge in [0, 0.05) is 6.54 Å². The second-order valence-electron chi connectivity index (χ2n) is 4.57. The van der Waals surface area contributed by atoms with Gasteiger partial charge in [0.2, 0.25) is 10.0 Å². The highest BCUT2D eigenvalue weighted by molar-refractivity contribution is 7.89. The fourth-order valence-corrected chi connectivity index (χ4v) is 2.73. The van der Waals surface area contributed by atoms with Crippen LogP contribution in [0, 0.1) is 5.82 Å². The van der Waals surface area contributed by atoms with Crippen LogP contribution >= 0.6 is 0 Å². The SMILES string of the molecule is O=C(O)CCNS(=O)(=O)c1ccc(Oc2ccc(F)cc2)cc1. The number of ether oxygens (including phenoxy) is 1. The molecule has 0 aliphatic rings. The predicted octanol–water partition coefficient (Wildman–Crippen LogP) is 2.37. The lowest BCUT2D eigenvalue weighted by Crippen LogP contribution is -2.26. The Kier molecular flexibility index (Phi) is 5.30. The van der Waals surface area contributed by atoms with E-state index >= 15 is 0 Å². The monoisotopic (exact) mass is 339 g/mol. The molecule has 0 saturated carbocycles. The van der Waals surface area contributed by atoms with Crippen LogP contribution in [0.25, 0.3) is 0 Å². The molecule has 23 heavy (non-hydrogen) atoms. The number of halogens is 1. The fraction of sp³-hybridized carbons (Fsp3) is 0.133. The van der Waals surface area contributed by atoms with Gasteiger partial charge >= 0.3 is 5.97 Å². The summed E-state index contributed by atoms with van der Waals surface area (Å²) < 4.78 is 44.3. The van der Waals surface area contributed by atoms with E-state index in [0.29, 0.717) is 11.5 Å². The Labute approximate surface area is 132 Å². The van der Waals surface area contributed by atoms with E-state index in [1.807, 2.05) is 0 Å². The Hall–Kier alpha value is -2.45. The first kappa shape index (κ1) is 16.9. The van der Waals surface area contributed by atoms with Crippen LogP contribution in [0.2, 0.25) is 0 Å². The maximum atomic E-state index is 12.8. The van der Waals surface area contributed by atoms with Crippen LogP contribution in [0.4, 0.5) is 4.39 Å². The number of carboxylic acids is 1. The van der Waals surface area contributed by atoms with Gasteiger partial charge in [0.1, 0.15) is 17.3 Å². The van der Waals surface area contributed by atoms with Crippen molar-refractivity contribution in [2.24, 2.45) is 0 Å². The molecule has 0 amide bonds.